The maximum Gasteiger partial charge on any atom is 0.306 e. The summed E-state index contributed by atoms with van der Waals surface area (Å²) in [6, 6.07) is 0. The zero-order chi connectivity index (χ0) is 40.7. The predicted octanol–water partition coefficient (Wildman–Crippen LogP) is 9.91. The van der Waals surface area contributed by atoms with Crippen LogP contribution >= 0.6 is 0 Å². The molecule has 0 radical (unpaired) electrons. The lowest BCUT2D eigenvalue weighted by Gasteiger charge is -2.39. The van der Waals surface area contributed by atoms with Crippen LogP contribution in [0.1, 0.15) is 168 Å². The molecule has 0 aromatic rings. The minimum absolute atomic E-state index is 0.119. The standard InChI is InChI=1S/C47H82O9/c1-3-5-7-9-11-13-15-16-17-18-19-20-21-22-23-24-25-26-27-28-30-32-34-36-43(49)55-41(39-53-37-35-33-31-29-14-12-10-8-6-4-2)40-54-47-46(52)45(51)44(50)42(38-48)56-47/h5,7,11,13,16-17,19-20,22-23,41-42,44-48,50-52H,3-4,6,8-10,12,14-15,18,21,24-40H2,1-2H3/b7-5-,13-11-,17-16-,20-19-,23-22-. The molecule has 0 aliphatic carbocycles. The predicted molar refractivity (Wildman–Crippen MR) is 228 cm³/mol. The van der Waals surface area contributed by atoms with Gasteiger partial charge in [0.2, 0.25) is 0 Å². The molecular weight excluding hydrogens is 709 g/mol. The van der Waals surface area contributed by atoms with E-state index >= 15 is 0 Å². The molecule has 0 bridgehead atoms. The Bertz CT molecular complexity index is 1040. The van der Waals surface area contributed by atoms with E-state index in [1.165, 1.54) is 70.6 Å². The summed E-state index contributed by atoms with van der Waals surface area (Å²) in [5, 5.41) is 40.0. The number of carbonyl (C=O) groups excluding carboxylic acids is 1. The molecule has 1 fully saturated rings. The summed E-state index contributed by atoms with van der Waals surface area (Å²) in [4.78, 5) is 12.8. The van der Waals surface area contributed by atoms with E-state index < -0.39 is 43.4 Å². The van der Waals surface area contributed by atoms with Gasteiger partial charge in [-0.1, -0.05) is 164 Å². The van der Waals surface area contributed by atoms with Gasteiger partial charge in [0.15, 0.2) is 6.29 Å². The van der Waals surface area contributed by atoms with Crippen LogP contribution in [0, 0.1) is 0 Å². The number of carbonyl (C=O) groups is 1. The van der Waals surface area contributed by atoms with Crippen molar-refractivity contribution in [2.24, 2.45) is 0 Å². The van der Waals surface area contributed by atoms with Crippen LogP contribution in [-0.2, 0) is 23.7 Å². The van der Waals surface area contributed by atoms with E-state index in [9.17, 15) is 25.2 Å². The molecule has 0 amide bonds. The van der Waals surface area contributed by atoms with E-state index in [0.717, 1.165) is 77.0 Å². The molecule has 9 heteroatoms. The van der Waals surface area contributed by atoms with E-state index in [1.807, 2.05) is 0 Å². The van der Waals surface area contributed by atoms with Crippen molar-refractivity contribution < 1.29 is 44.2 Å². The highest BCUT2D eigenvalue weighted by atomic mass is 16.7. The zero-order valence-corrected chi connectivity index (χ0v) is 35.4. The molecule has 6 unspecified atom stereocenters. The quantitative estimate of drug-likeness (QED) is 0.0276. The number of esters is 1. The second-order valence-corrected chi connectivity index (χ2v) is 15.1. The van der Waals surface area contributed by atoms with Crippen molar-refractivity contribution in [3.05, 3.63) is 60.8 Å². The number of allylic oxidation sites excluding steroid dienone is 10. The third-order valence-electron chi connectivity index (χ3n) is 9.95. The van der Waals surface area contributed by atoms with Gasteiger partial charge in [-0.15, -0.1) is 0 Å². The first kappa shape index (κ1) is 51.9. The maximum absolute atomic E-state index is 12.8. The second kappa shape index (κ2) is 38.4. The van der Waals surface area contributed by atoms with Crippen molar-refractivity contribution in [3.63, 3.8) is 0 Å². The summed E-state index contributed by atoms with van der Waals surface area (Å²) in [5.74, 6) is -0.327. The minimum atomic E-state index is -1.54. The first-order chi connectivity index (χ1) is 27.4. The monoisotopic (exact) mass is 791 g/mol. The van der Waals surface area contributed by atoms with Crippen LogP contribution in [-0.4, -0.2) is 89.6 Å². The topological polar surface area (TPSA) is 135 Å². The van der Waals surface area contributed by atoms with Gasteiger partial charge in [-0.2, -0.15) is 0 Å². The van der Waals surface area contributed by atoms with E-state index in [1.54, 1.807) is 0 Å². The molecule has 1 rings (SSSR count). The van der Waals surface area contributed by atoms with Crippen molar-refractivity contribution in [1.29, 1.82) is 0 Å². The van der Waals surface area contributed by atoms with E-state index in [0.29, 0.717) is 13.0 Å². The first-order valence-electron chi connectivity index (χ1n) is 22.4. The zero-order valence-electron chi connectivity index (χ0n) is 35.4. The second-order valence-electron chi connectivity index (χ2n) is 15.1. The number of aliphatic hydroxyl groups excluding tert-OH is 4. The Labute approximate surface area is 341 Å². The molecule has 1 aliphatic rings. The highest BCUT2D eigenvalue weighted by Crippen LogP contribution is 2.22. The van der Waals surface area contributed by atoms with Crippen LogP contribution in [0.5, 0.6) is 0 Å². The van der Waals surface area contributed by atoms with Gasteiger partial charge in [0.05, 0.1) is 19.8 Å². The highest BCUT2D eigenvalue weighted by Gasteiger charge is 2.44. The molecule has 324 valence electrons. The van der Waals surface area contributed by atoms with E-state index in [4.69, 9.17) is 18.9 Å². The Hall–Kier alpha value is -2.11. The fourth-order valence-electron chi connectivity index (χ4n) is 6.46. The van der Waals surface area contributed by atoms with Crippen LogP contribution in [0.3, 0.4) is 0 Å². The van der Waals surface area contributed by atoms with Gasteiger partial charge in [0, 0.05) is 13.0 Å². The molecule has 0 saturated carbocycles. The Balaban J connectivity index is 2.23. The Morgan fingerprint density at radius 2 is 1.09 bits per heavy atom. The normalized spacial score (nSPS) is 21.1. The molecule has 9 nitrogen and oxygen atoms in total. The summed E-state index contributed by atoms with van der Waals surface area (Å²) in [7, 11) is 0. The van der Waals surface area contributed by atoms with Gasteiger partial charge in [-0.05, 0) is 57.8 Å². The average Bonchev–Trinajstić information content (AvgIpc) is 3.20. The summed E-state index contributed by atoms with van der Waals surface area (Å²) in [6.45, 7) is 4.41. The number of aliphatic hydroxyl groups is 4. The van der Waals surface area contributed by atoms with Crippen LogP contribution in [0.25, 0.3) is 0 Å². The Morgan fingerprint density at radius 3 is 1.64 bits per heavy atom. The molecule has 6 atom stereocenters. The summed E-state index contributed by atoms with van der Waals surface area (Å²) in [5.41, 5.74) is 0. The summed E-state index contributed by atoms with van der Waals surface area (Å²) in [6.07, 6.45) is 41.0. The Kier molecular flexibility index (Phi) is 35.6. The molecule has 1 aliphatic heterocycles. The molecule has 0 aromatic heterocycles. The van der Waals surface area contributed by atoms with Crippen LogP contribution in [0.2, 0.25) is 0 Å². The number of unbranched alkanes of at least 4 members (excludes halogenated alkanes) is 16. The molecule has 0 spiro atoms. The van der Waals surface area contributed by atoms with Crippen molar-refractivity contribution in [3.8, 4) is 0 Å². The maximum atomic E-state index is 12.8. The fourth-order valence-corrected chi connectivity index (χ4v) is 6.46. The third-order valence-corrected chi connectivity index (χ3v) is 9.95. The van der Waals surface area contributed by atoms with Crippen molar-refractivity contribution >= 4 is 5.97 Å². The van der Waals surface area contributed by atoms with E-state index in [-0.39, 0.29) is 19.2 Å². The molecule has 0 aromatic carbocycles. The number of hydrogen-bond acceptors (Lipinski definition) is 9. The number of ether oxygens (including phenoxy) is 4. The number of hydrogen-bond donors (Lipinski definition) is 4. The fraction of sp³-hybridized carbons (Fsp3) is 0.766. The van der Waals surface area contributed by atoms with Gasteiger partial charge in [-0.25, -0.2) is 0 Å². The van der Waals surface area contributed by atoms with Gasteiger partial charge < -0.3 is 39.4 Å². The number of rotatable bonds is 37. The van der Waals surface area contributed by atoms with Crippen molar-refractivity contribution in [1.82, 2.24) is 0 Å². The smallest absolute Gasteiger partial charge is 0.306 e. The Morgan fingerprint density at radius 1 is 0.589 bits per heavy atom. The average molecular weight is 791 g/mol. The van der Waals surface area contributed by atoms with Gasteiger partial charge in [-0.3, -0.25) is 4.79 Å². The van der Waals surface area contributed by atoms with Crippen LogP contribution in [0.15, 0.2) is 60.8 Å². The lowest BCUT2D eigenvalue weighted by molar-refractivity contribution is -0.305. The first-order valence-corrected chi connectivity index (χ1v) is 22.4. The van der Waals surface area contributed by atoms with Crippen molar-refractivity contribution in [2.75, 3.05) is 26.4 Å². The van der Waals surface area contributed by atoms with E-state index in [2.05, 4.69) is 74.6 Å². The molecule has 1 heterocycles. The lowest BCUT2D eigenvalue weighted by atomic mass is 9.99. The van der Waals surface area contributed by atoms with Crippen molar-refractivity contribution in [2.45, 2.75) is 205 Å². The highest BCUT2D eigenvalue weighted by molar-refractivity contribution is 5.69. The van der Waals surface area contributed by atoms with Gasteiger partial charge in [0.25, 0.3) is 0 Å². The minimum Gasteiger partial charge on any atom is -0.457 e. The van der Waals surface area contributed by atoms with Gasteiger partial charge >= 0.3 is 5.97 Å². The third kappa shape index (κ3) is 29.2. The van der Waals surface area contributed by atoms with Gasteiger partial charge in [0.1, 0.15) is 30.5 Å². The largest absolute Gasteiger partial charge is 0.457 e. The SMILES string of the molecule is CC/C=C\C/C=C\C/C=C\C/C=C\C/C=C\CCCCCCCCCC(=O)OC(COCCCCCCCCCCCC)COC1OC(CO)C(O)C(O)C1O. The van der Waals surface area contributed by atoms with Crippen LogP contribution < -0.4 is 0 Å². The molecule has 1 saturated heterocycles. The summed E-state index contributed by atoms with van der Waals surface area (Å²) < 4.78 is 22.7. The lowest BCUT2D eigenvalue weighted by Crippen LogP contribution is -2.59. The molecule has 4 N–H and O–H groups in total. The van der Waals surface area contributed by atoms with Crippen LogP contribution in [0.4, 0.5) is 0 Å². The summed E-state index contributed by atoms with van der Waals surface area (Å²) >= 11 is 0. The molecule has 56 heavy (non-hydrogen) atoms. The molecular formula is C47H82O9.